The molecule has 106 valence electrons. The molecule has 0 atom stereocenters. The molecule has 2 heterocycles. The maximum absolute atomic E-state index is 12.6. The minimum atomic E-state index is -3.69. The molecule has 5 nitrogen and oxygen atoms in total. The molecule has 1 aromatic rings. The monoisotopic (exact) mass is 304 g/mol. The molecule has 0 unspecified atom stereocenters. The Morgan fingerprint density at radius 3 is 2.63 bits per heavy atom. The molecule has 1 saturated carbocycles. The van der Waals surface area contributed by atoms with Crippen molar-refractivity contribution in [3.63, 3.8) is 0 Å². The molecule has 1 saturated heterocycles. The number of hydrogen-bond acceptors (Lipinski definition) is 4. The van der Waals surface area contributed by atoms with Gasteiger partial charge in [0.25, 0.3) is 15.1 Å². The van der Waals surface area contributed by atoms with Crippen LogP contribution >= 0.6 is 11.6 Å². The van der Waals surface area contributed by atoms with Crippen LogP contribution < -0.4 is 0 Å². The van der Waals surface area contributed by atoms with Crippen molar-refractivity contribution in [1.82, 2.24) is 9.46 Å². The summed E-state index contributed by atoms with van der Waals surface area (Å²) in [6, 6.07) is 0. The van der Waals surface area contributed by atoms with Gasteiger partial charge in [-0.1, -0.05) is 16.8 Å². The summed E-state index contributed by atoms with van der Waals surface area (Å²) in [6.45, 7) is 4.35. The quantitative estimate of drug-likeness (QED) is 0.861. The maximum atomic E-state index is 12.6. The lowest BCUT2D eigenvalue weighted by Gasteiger charge is -2.29. The highest BCUT2D eigenvalue weighted by molar-refractivity contribution is 7.89. The molecular formula is C12H17ClN2O3S. The summed E-state index contributed by atoms with van der Waals surface area (Å²) in [7, 11) is -3.69. The summed E-state index contributed by atoms with van der Waals surface area (Å²) in [4.78, 5) is 0. The molecular weight excluding hydrogens is 288 g/mol. The van der Waals surface area contributed by atoms with Gasteiger partial charge in [0, 0.05) is 18.0 Å². The van der Waals surface area contributed by atoms with E-state index in [1.165, 1.54) is 4.31 Å². The Balaban J connectivity index is 2.00. The van der Waals surface area contributed by atoms with Gasteiger partial charge in [-0.2, -0.15) is 4.31 Å². The number of rotatable bonds is 3. The maximum Gasteiger partial charge on any atom is 0.284 e. The molecule has 0 N–H and O–H groups in total. The molecule has 0 radical (unpaired) electrons. The molecule has 3 rings (SSSR count). The summed E-state index contributed by atoms with van der Waals surface area (Å²) >= 11 is 6.15. The third kappa shape index (κ3) is 2.10. The van der Waals surface area contributed by atoms with Crippen LogP contribution in [0.3, 0.4) is 0 Å². The van der Waals surface area contributed by atoms with Crippen LogP contribution in [0.4, 0.5) is 0 Å². The Bertz CT molecular complexity index is 604. The fraction of sp³-hybridized carbons (Fsp3) is 0.750. The van der Waals surface area contributed by atoms with E-state index in [4.69, 9.17) is 16.1 Å². The molecule has 1 aromatic heterocycles. The van der Waals surface area contributed by atoms with Gasteiger partial charge in [0.15, 0.2) is 0 Å². The van der Waals surface area contributed by atoms with Crippen LogP contribution in [0.5, 0.6) is 0 Å². The van der Waals surface area contributed by atoms with Crippen molar-refractivity contribution in [2.45, 2.75) is 56.1 Å². The highest BCUT2D eigenvalue weighted by Crippen LogP contribution is 2.45. The lowest BCUT2D eigenvalue weighted by atomic mass is 10.0. The van der Waals surface area contributed by atoms with Gasteiger partial charge in [0.1, 0.15) is 10.7 Å². The van der Waals surface area contributed by atoms with Crippen LogP contribution in [-0.4, -0.2) is 30.0 Å². The van der Waals surface area contributed by atoms with Crippen molar-refractivity contribution >= 4 is 21.6 Å². The van der Waals surface area contributed by atoms with E-state index in [9.17, 15) is 8.42 Å². The van der Waals surface area contributed by atoms with E-state index in [0.717, 1.165) is 25.7 Å². The molecule has 0 aromatic carbocycles. The zero-order chi connectivity index (χ0) is 13.8. The predicted octanol–water partition coefficient (Wildman–Crippen LogP) is 2.77. The van der Waals surface area contributed by atoms with Crippen LogP contribution in [0.2, 0.25) is 5.02 Å². The van der Waals surface area contributed by atoms with Crippen molar-refractivity contribution in [3.05, 3.63) is 10.7 Å². The van der Waals surface area contributed by atoms with Crippen molar-refractivity contribution in [3.8, 4) is 0 Å². The summed E-state index contributed by atoms with van der Waals surface area (Å²) in [5, 5.41) is 3.83. The summed E-state index contributed by atoms with van der Waals surface area (Å²) in [5.41, 5.74) is 0.201. The average molecular weight is 305 g/mol. The van der Waals surface area contributed by atoms with Crippen molar-refractivity contribution in [2.24, 2.45) is 0 Å². The minimum absolute atomic E-state index is 0.171. The molecule has 2 fully saturated rings. The highest BCUT2D eigenvalue weighted by atomic mass is 35.5. The van der Waals surface area contributed by atoms with Gasteiger partial charge in [-0.3, -0.25) is 0 Å². The van der Waals surface area contributed by atoms with E-state index < -0.39 is 15.6 Å². The van der Waals surface area contributed by atoms with Crippen LogP contribution in [0, 0.1) is 0 Å². The smallest absolute Gasteiger partial charge is 0.284 e. The van der Waals surface area contributed by atoms with Gasteiger partial charge in [-0.05, 0) is 39.5 Å². The molecule has 0 amide bonds. The second kappa shape index (κ2) is 4.20. The third-order valence-corrected chi connectivity index (χ3v) is 6.43. The van der Waals surface area contributed by atoms with Gasteiger partial charge >= 0.3 is 0 Å². The number of nitrogens with zero attached hydrogens (tertiary/aromatic N) is 2. The van der Waals surface area contributed by atoms with E-state index in [2.05, 4.69) is 5.16 Å². The number of sulfonamides is 1. The Kier molecular flexibility index (Phi) is 2.96. The van der Waals surface area contributed by atoms with Gasteiger partial charge in [-0.15, -0.1) is 0 Å². The summed E-state index contributed by atoms with van der Waals surface area (Å²) in [5.74, 6) is 0.270. The van der Waals surface area contributed by atoms with Crippen molar-refractivity contribution in [1.29, 1.82) is 0 Å². The Morgan fingerprint density at radius 1 is 1.42 bits per heavy atom. The number of halogens is 1. The largest absolute Gasteiger partial charge is 0.341 e. The number of aromatic nitrogens is 1. The van der Waals surface area contributed by atoms with E-state index >= 15 is 0 Å². The standard InChI is InChI=1S/C12H17ClN2O3S/c1-12(2)6-3-7-15(12)19(16,17)11-9(13)10(14-18-11)8-4-5-8/h8H,3-7H2,1-2H3. The predicted molar refractivity (Wildman–Crippen MR) is 70.7 cm³/mol. The molecule has 0 bridgehead atoms. The number of hydrogen-bond donors (Lipinski definition) is 0. The van der Waals surface area contributed by atoms with E-state index in [-0.39, 0.29) is 16.0 Å². The highest BCUT2D eigenvalue weighted by Gasteiger charge is 2.45. The average Bonchev–Trinajstić information content (AvgIpc) is 2.97. The van der Waals surface area contributed by atoms with E-state index in [0.29, 0.717) is 12.2 Å². The van der Waals surface area contributed by atoms with Crippen LogP contribution in [0.15, 0.2) is 9.62 Å². The molecule has 1 aliphatic heterocycles. The van der Waals surface area contributed by atoms with Gasteiger partial charge in [-0.25, -0.2) is 8.42 Å². The van der Waals surface area contributed by atoms with Crippen LogP contribution in [0.1, 0.15) is 51.1 Å². The van der Waals surface area contributed by atoms with Gasteiger partial charge in [0.2, 0.25) is 0 Å². The Hall–Kier alpha value is -0.590. The first-order valence-corrected chi connectivity index (χ1v) is 8.34. The van der Waals surface area contributed by atoms with Crippen molar-refractivity contribution < 1.29 is 12.9 Å². The minimum Gasteiger partial charge on any atom is -0.341 e. The Morgan fingerprint density at radius 2 is 2.11 bits per heavy atom. The SMILES string of the molecule is CC1(C)CCCN1S(=O)(=O)c1onc(C2CC2)c1Cl. The normalized spacial score (nSPS) is 23.9. The first kappa shape index (κ1) is 13.4. The first-order chi connectivity index (χ1) is 8.84. The fourth-order valence-electron chi connectivity index (χ4n) is 2.67. The summed E-state index contributed by atoms with van der Waals surface area (Å²) in [6.07, 6.45) is 3.70. The summed E-state index contributed by atoms with van der Waals surface area (Å²) < 4.78 is 31.8. The van der Waals surface area contributed by atoms with E-state index in [1.54, 1.807) is 0 Å². The fourth-order valence-corrected chi connectivity index (χ4v) is 4.96. The topological polar surface area (TPSA) is 63.4 Å². The molecule has 2 aliphatic rings. The zero-order valence-corrected chi connectivity index (χ0v) is 12.6. The second-order valence-electron chi connectivity index (χ2n) is 5.94. The van der Waals surface area contributed by atoms with E-state index in [1.807, 2.05) is 13.8 Å². The molecule has 0 spiro atoms. The first-order valence-electron chi connectivity index (χ1n) is 6.52. The van der Waals surface area contributed by atoms with Gasteiger partial charge in [0.05, 0.1) is 0 Å². The zero-order valence-electron chi connectivity index (χ0n) is 11.0. The van der Waals surface area contributed by atoms with Gasteiger partial charge < -0.3 is 4.52 Å². The van der Waals surface area contributed by atoms with Crippen LogP contribution in [-0.2, 0) is 10.0 Å². The third-order valence-electron chi connectivity index (χ3n) is 3.94. The van der Waals surface area contributed by atoms with Crippen molar-refractivity contribution in [2.75, 3.05) is 6.54 Å². The molecule has 1 aliphatic carbocycles. The Labute approximate surface area is 117 Å². The van der Waals surface area contributed by atoms with Crippen LogP contribution in [0.25, 0.3) is 0 Å². The lowest BCUT2D eigenvalue weighted by Crippen LogP contribution is -2.42. The lowest BCUT2D eigenvalue weighted by molar-refractivity contribution is 0.270. The molecule has 7 heteroatoms. The molecule has 19 heavy (non-hydrogen) atoms. The second-order valence-corrected chi connectivity index (χ2v) is 8.08.